The Morgan fingerprint density at radius 1 is 1.41 bits per heavy atom. The number of methoxy groups -OCH3 is 1. The van der Waals surface area contributed by atoms with Gasteiger partial charge in [0.25, 0.3) is 0 Å². The fourth-order valence-electron chi connectivity index (χ4n) is 3.33. The van der Waals surface area contributed by atoms with Crippen LogP contribution in [0.5, 0.6) is 0 Å². The zero-order chi connectivity index (χ0) is 15.8. The molecule has 0 aromatic carbocycles. The Labute approximate surface area is 134 Å². The normalized spacial score (nSPS) is 15.4. The van der Waals surface area contributed by atoms with Crippen molar-refractivity contribution in [3.63, 3.8) is 0 Å². The summed E-state index contributed by atoms with van der Waals surface area (Å²) in [5.41, 5.74) is 1.19. The molecule has 22 heavy (non-hydrogen) atoms. The zero-order valence-electron chi connectivity index (χ0n) is 14.1. The number of nitrogens with zero attached hydrogens (tertiary/aromatic N) is 2. The lowest BCUT2D eigenvalue weighted by Crippen LogP contribution is -2.32. The van der Waals surface area contributed by atoms with Crippen molar-refractivity contribution in [3.05, 3.63) is 24.0 Å². The lowest BCUT2D eigenvalue weighted by Gasteiger charge is -2.24. The minimum Gasteiger partial charge on any atom is -0.385 e. The molecule has 0 saturated heterocycles. The van der Waals surface area contributed by atoms with Gasteiger partial charge in [0.05, 0.1) is 6.54 Å². The third kappa shape index (κ3) is 5.16. The second-order valence-corrected chi connectivity index (χ2v) is 6.46. The van der Waals surface area contributed by atoms with Crippen molar-refractivity contribution in [2.75, 3.05) is 20.3 Å². The van der Waals surface area contributed by atoms with Gasteiger partial charge in [-0.05, 0) is 30.9 Å². The van der Waals surface area contributed by atoms with Gasteiger partial charge in [0.1, 0.15) is 0 Å². The molecule has 1 aliphatic carbocycles. The van der Waals surface area contributed by atoms with Gasteiger partial charge < -0.3 is 14.2 Å². The molecule has 1 saturated carbocycles. The van der Waals surface area contributed by atoms with Crippen molar-refractivity contribution >= 4 is 5.91 Å². The third-order valence-corrected chi connectivity index (χ3v) is 4.77. The highest BCUT2D eigenvalue weighted by Crippen LogP contribution is 2.28. The second-order valence-electron chi connectivity index (χ2n) is 6.46. The Morgan fingerprint density at radius 3 is 2.82 bits per heavy atom. The van der Waals surface area contributed by atoms with E-state index in [0.29, 0.717) is 25.5 Å². The summed E-state index contributed by atoms with van der Waals surface area (Å²) in [5, 5.41) is 0. The van der Waals surface area contributed by atoms with Gasteiger partial charge in [0.15, 0.2) is 0 Å². The summed E-state index contributed by atoms with van der Waals surface area (Å²) in [6.07, 6.45) is 10.0. The summed E-state index contributed by atoms with van der Waals surface area (Å²) >= 11 is 0. The molecule has 1 heterocycles. The first-order chi connectivity index (χ1) is 10.7. The Hall–Kier alpha value is -1.29. The maximum Gasteiger partial charge on any atom is 0.222 e. The van der Waals surface area contributed by atoms with Gasteiger partial charge in [-0.15, -0.1) is 0 Å². The molecule has 0 radical (unpaired) electrons. The Morgan fingerprint density at radius 2 is 2.18 bits per heavy atom. The van der Waals surface area contributed by atoms with E-state index in [1.807, 2.05) is 24.2 Å². The molecule has 1 aliphatic rings. The Balaban J connectivity index is 1.87. The summed E-state index contributed by atoms with van der Waals surface area (Å²) < 4.78 is 7.22. The predicted molar refractivity (Wildman–Crippen MR) is 88.5 cm³/mol. The second kappa shape index (κ2) is 8.99. The molecule has 0 aliphatic heterocycles. The largest absolute Gasteiger partial charge is 0.385 e. The van der Waals surface area contributed by atoms with Crippen LogP contribution in [0, 0.1) is 5.92 Å². The van der Waals surface area contributed by atoms with Crippen LogP contribution in [0.15, 0.2) is 18.3 Å². The van der Waals surface area contributed by atoms with Crippen molar-refractivity contribution in [3.8, 4) is 0 Å². The molecule has 4 nitrogen and oxygen atoms in total. The van der Waals surface area contributed by atoms with E-state index in [2.05, 4.69) is 10.6 Å². The van der Waals surface area contributed by atoms with E-state index >= 15 is 0 Å². The minimum atomic E-state index is 0.296. The van der Waals surface area contributed by atoms with E-state index < -0.39 is 0 Å². The highest BCUT2D eigenvalue weighted by atomic mass is 16.5. The lowest BCUT2D eigenvalue weighted by molar-refractivity contribution is -0.132. The number of aromatic nitrogens is 1. The van der Waals surface area contributed by atoms with Crippen molar-refractivity contribution < 1.29 is 9.53 Å². The average Bonchev–Trinajstić information content (AvgIpc) is 3.16. The maximum absolute atomic E-state index is 12.6. The lowest BCUT2D eigenvalue weighted by atomic mass is 10.0. The molecule has 124 valence electrons. The van der Waals surface area contributed by atoms with Crippen LogP contribution in [-0.4, -0.2) is 35.6 Å². The first kappa shape index (κ1) is 17.1. The summed E-state index contributed by atoms with van der Waals surface area (Å²) in [4.78, 5) is 14.6. The summed E-state index contributed by atoms with van der Waals surface area (Å²) in [6, 6.07) is 4.12. The van der Waals surface area contributed by atoms with Crippen LogP contribution in [0.25, 0.3) is 0 Å². The van der Waals surface area contributed by atoms with Gasteiger partial charge in [0, 0.05) is 45.6 Å². The van der Waals surface area contributed by atoms with E-state index in [-0.39, 0.29) is 0 Å². The van der Waals surface area contributed by atoms with Gasteiger partial charge >= 0.3 is 0 Å². The number of hydrogen-bond acceptors (Lipinski definition) is 2. The molecular weight excluding hydrogens is 276 g/mol. The van der Waals surface area contributed by atoms with Crippen LogP contribution in [0.2, 0.25) is 0 Å². The number of rotatable bonds is 9. The summed E-state index contributed by atoms with van der Waals surface area (Å²) in [5.74, 6) is 1.07. The van der Waals surface area contributed by atoms with Crippen LogP contribution in [0.3, 0.4) is 0 Å². The topological polar surface area (TPSA) is 34.5 Å². The van der Waals surface area contributed by atoms with Crippen molar-refractivity contribution in [2.24, 2.45) is 13.0 Å². The van der Waals surface area contributed by atoms with E-state index in [9.17, 15) is 4.79 Å². The number of carbonyl (C=O) groups excluding carboxylic acids is 1. The monoisotopic (exact) mass is 306 g/mol. The molecule has 2 rings (SSSR count). The van der Waals surface area contributed by atoms with Crippen molar-refractivity contribution in [1.29, 1.82) is 0 Å². The highest BCUT2D eigenvalue weighted by Gasteiger charge is 2.19. The van der Waals surface area contributed by atoms with E-state index in [4.69, 9.17) is 4.74 Å². The standard InChI is InChI=1S/C18H30N2O2/c1-19-12-5-9-17(19)15-20(13-6-14-22-2)18(21)11-10-16-7-3-4-8-16/h5,9,12,16H,3-4,6-8,10-11,13-15H2,1-2H3. The third-order valence-electron chi connectivity index (χ3n) is 4.77. The molecule has 0 unspecified atom stereocenters. The van der Waals surface area contributed by atoms with Gasteiger partial charge in [-0.2, -0.15) is 0 Å². The molecule has 0 N–H and O–H groups in total. The zero-order valence-corrected chi connectivity index (χ0v) is 14.1. The Kier molecular flexibility index (Phi) is 6.97. The smallest absolute Gasteiger partial charge is 0.222 e. The SMILES string of the molecule is COCCCN(Cc1cccn1C)C(=O)CCC1CCCC1. The van der Waals surface area contributed by atoms with Crippen LogP contribution in [-0.2, 0) is 23.1 Å². The van der Waals surface area contributed by atoms with Crippen LogP contribution < -0.4 is 0 Å². The maximum atomic E-state index is 12.6. The fraction of sp³-hybridized carbons (Fsp3) is 0.722. The molecule has 1 aromatic heterocycles. The van der Waals surface area contributed by atoms with Crippen molar-refractivity contribution in [2.45, 2.75) is 51.5 Å². The number of hydrogen-bond donors (Lipinski definition) is 0. The molecule has 0 bridgehead atoms. The molecule has 1 amide bonds. The first-order valence-electron chi connectivity index (χ1n) is 8.57. The van der Waals surface area contributed by atoms with Gasteiger partial charge in [-0.25, -0.2) is 0 Å². The highest BCUT2D eigenvalue weighted by molar-refractivity contribution is 5.76. The number of aryl methyl sites for hydroxylation is 1. The molecule has 0 atom stereocenters. The van der Waals surface area contributed by atoms with Crippen LogP contribution in [0.1, 0.15) is 50.6 Å². The summed E-state index contributed by atoms with van der Waals surface area (Å²) in [7, 11) is 3.75. The van der Waals surface area contributed by atoms with Crippen LogP contribution >= 0.6 is 0 Å². The first-order valence-corrected chi connectivity index (χ1v) is 8.57. The predicted octanol–water partition coefficient (Wildman–Crippen LogP) is 3.36. The van der Waals surface area contributed by atoms with E-state index in [1.165, 1.54) is 31.4 Å². The van der Waals surface area contributed by atoms with E-state index in [1.54, 1.807) is 7.11 Å². The average molecular weight is 306 g/mol. The number of amides is 1. The van der Waals surface area contributed by atoms with Gasteiger partial charge in [-0.1, -0.05) is 25.7 Å². The number of ether oxygens (including phenoxy) is 1. The minimum absolute atomic E-state index is 0.296. The molecule has 1 fully saturated rings. The fourth-order valence-corrected chi connectivity index (χ4v) is 3.33. The Bertz CT molecular complexity index is 450. The molecule has 1 aromatic rings. The van der Waals surface area contributed by atoms with Crippen molar-refractivity contribution in [1.82, 2.24) is 9.47 Å². The molecular formula is C18H30N2O2. The summed E-state index contributed by atoms with van der Waals surface area (Å²) in [6.45, 7) is 2.19. The quantitative estimate of drug-likeness (QED) is 0.656. The molecule has 0 spiro atoms. The van der Waals surface area contributed by atoms with Gasteiger partial charge in [-0.3, -0.25) is 4.79 Å². The van der Waals surface area contributed by atoms with Gasteiger partial charge in [0.2, 0.25) is 5.91 Å². The number of carbonyl (C=O) groups is 1. The molecule has 4 heteroatoms. The van der Waals surface area contributed by atoms with E-state index in [0.717, 1.165) is 25.3 Å². The van der Waals surface area contributed by atoms with Crippen LogP contribution in [0.4, 0.5) is 0 Å².